The topological polar surface area (TPSA) is 64.0 Å². The van der Waals surface area contributed by atoms with Crippen LogP contribution >= 0.6 is 23.4 Å². The van der Waals surface area contributed by atoms with Gasteiger partial charge in [-0.2, -0.15) is 0 Å². The van der Waals surface area contributed by atoms with E-state index >= 15 is 0 Å². The van der Waals surface area contributed by atoms with Crippen LogP contribution in [0, 0.1) is 0 Å². The van der Waals surface area contributed by atoms with Gasteiger partial charge in [0.1, 0.15) is 10.6 Å². The molecular weight excluding hydrogens is 394 g/mol. The minimum absolute atomic E-state index is 0.174. The Balaban J connectivity index is 1.71. The Hall–Kier alpha value is -2.31. The van der Waals surface area contributed by atoms with Gasteiger partial charge in [-0.25, -0.2) is 4.98 Å². The van der Waals surface area contributed by atoms with Crippen LogP contribution in [-0.4, -0.2) is 21.2 Å². The number of carbonyl (C=O) groups is 1. The van der Waals surface area contributed by atoms with E-state index in [1.807, 2.05) is 22.8 Å². The molecule has 1 amide bonds. The lowest BCUT2D eigenvalue weighted by Crippen LogP contribution is -2.30. The van der Waals surface area contributed by atoms with Crippen molar-refractivity contribution in [3.8, 4) is 0 Å². The molecule has 1 N–H and O–H groups in total. The van der Waals surface area contributed by atoms with Crippen LogP contribution in [-0.2, 0) is 19.5 Å². The van der Waals surface area contributed by atoms with Gasteiger partial charge in [0.2, 0.25) is 5.43 Å². The van der Waals surface area contributed by atoms with Gasteiger partial charge in [-0.15, -0.1) is 11.8 Å². The Morgan fingerprint density at radius 3 is 2.86 bits per heavy atom. The Labute approximate surface area is 172 Å². The lowest BCUT2D eigenvalue weighted by Gasteiger charge is -2.20. The Bertz CT molecular complexity index is 1110. The lowest BCUT2D eigenvalue weighted by molar-refractivity contribution is 0.0949. The van der Waals surface area contributed by atoms with Gasteiger partial charge in [-0.3, -0.25) is 9.59 Å². The molecule has 0 saturated carbocycles. The van der Waals surface area contributed by atoms with E-state index in [1.54, 1.807) is 30.1 Å². The third kappa shape index (κ3) is 3.66. The summed E-state index contributed by atoms with van der Waals surface area (Å²) >= 11 is 7.57. The fraction of sp³-hybridized carbons (Fsp3) is 0.286. The van der Waals surface area contributed by atoms with Gasteiger partial charge in [0.15, 0.2) is 0 Å². The predicted octanol–water partition coefficient (Wildman–Crippen LogP) is 4.04. The van der Waals surface area contributed by atoms with Crippen molar-refractivity contribution in [1.29, 1.82) is 0 Å². The van der Waals surface area contributed by atoms with Crippen molar-refractivity contribution in [2.75, 3.05) is 5.75 Å². The van der Waals surface area contributed by atoms with E-state index < -0.39 is 0 Å². The number of nitrogens with one attached hydrogen (secondary N) is 1. The first-order valence-corrected chi connectivity index (χ1v) is 10.7. The molecule has 3 heterocycles. The predicted molar refractivity (Wildman–Crippen MR) is 113 cm³/mol. The van der Waals surface area contributed by atoms with Crippen LogP contribution in [0.1, 0.15) is 35.0 Å². The molecule has 0 fully saturated rings. The molecule has 1 aromatic carbocycles. The smallest absolute Gasteiger partial charge is 0.257 e. The molecule has 28 heavy (non-hydrogen) atoms. The standard InChI is InChI=1S/C21H20ClN3O2S/c1-2-3-15-10-16-18-21(24-15)28-9-8-25(18)12-17(19(16)26)20(27)23-11-13-4-6-14(22)7-5-13/h4-7,10,12H,2-3,8-9,11H2,1H3,(H,23,27). The maximum atomic E-state index is 13.1. The third-order valence-electron chi connectivity index (χ3n) is 4.76. The van der Waals surface area contributed by atoms with Gasteiger partial charge in [0, 0.05) is 35.8 Å². The van der Waals surface area contributed by atoms with Crippen LogP contribution in [0.15, 0.2) is 46.3 Å². The van der Waals surface area contributed by atoms with Crippen molar-refractivity contribution in [3.05, 3.63) is 68.6 Å². The second kappa shape index (κ2) is 7.97. The highest BCUT2D eigenvalue weighted by Crippen LogP contribution is 2.30. The average Bonchev–Trinajstić information content (AvgIpc) is 2.70. The van der Waals surface area contributed by atoms with Crippen LogP contribution in [0.2, 0.25) is 5.02 Å². The molecule has 1 aliphatic heterocycles. The molecule has 7 heteroatoms. The van der Waals surface area contributed by atoms with Crippen molar-refractivity contribution in [2.45, 2.75) is 37.9 Å². The first-order valence-electron chi connectivity index (χ1n) is 9.29. The van der Waals surface area contributed by atoms with E-state index in [0.29, 0.717) is 17.0 Å². The fourth-order valence-corrected chi connectivity index (χ4v) is 4.54. The SMILES string of the molecule is CCCc1cc2c(=O)c(C(=O)NCc3ccc(Cl)cc3)cn3c2c(n1)SCC3. The average molecular weight is 414 g/mol. The van der Waals surface area contributed by atoms with Gasteiger partial charge in [0.05, 0.1) is 10.9 Å². The fourth-order valence-electron chi connectivity index (χ4n) is 3.38. The number of halogens is 1. The molecular formula is C21H20ClN3O2S. The number of hydrogen-bond donors (Lipinski definition) is 1. The summed E-state index contributed by atoms with van der Waals surface area (Å²) in [6.07, 6.45) is 3.44. The number of pyridine rings is 2. The monoisotopic (exact) mass is 413 g/mol. The van der Waals surface area contributed by atoms with Crippen LogP contribution in [0.25, 0.3) is 10.9 Å². The Morgan fingerprint density at radius 1 is 1.32 bits per heavy atom. The van der Waals surface area contributed by atoms with Gasteiger partial charge in [-0.1, -0.05) is 37.1 Å². The van der Waals surface area contributed by atoms with E-state index in [4.69, 9.17) is 16.6 Å². The summed E-state index contributed by atoms with van der Waals surface area (Å²) in [5.74, 6) is 0.513. The van der Waals surface area contributed by atoms with Crippen LogP contribution < -0.4 is 10.7 Å². The van der Waals surface area contributed by atoms with E-state index in [0.717, 1.165) is 46.9 Å². The van der Waals surface area contributed by atoms with E-state index in [9.17, 15) is 9.59 Å². The van der Waals surface area contributed by atoms with Crippen LogP contribution in [0.4, 0.5) is 0 Å². The Morgan fingerprint density at radius 2 is 2.11 bits per heavy atom. The molecule has 1 aliphatic rings. The molecule has 3 aromatic rings. The van der Waals surface area contributed by atoms with Gasteiger partial charge in [-0.05, 0) is 30.2 Å². The molecule has 0 atom stereocenters. The van der Waals surface area contributed by atoms with E-state index in [1.165, 1.54) is 0 Å². The zero-order chi connectivity index (χ0) is 19.7. The maximum Gasteiger partial charge on any atom is 0.257 e. The van der Waals surface area contributed by atoms with Crippen molar-refractivity contribution >= 4 is 40.2 Å². The third-order valence-corrected chi connectivity index (χ3v) is 5.96. The quantitative estimate of drug-likeness (QED) is 0.685. The minimum Gasteiger partial charge on any atom is -0.348 e. The lowest BCUT2D eigenvalue weighted by atomic mass is 10.1. The van der Waals surface area contributed by atoms with Gasteiger partial charge in [0.25, 0.3) is 5.91 Å². The highest BCUT2D eigenvalue weighted by Gasteiger charge is 2.21. The zero-order valence-electron chi connectivity index (χ0n) is 15.5. The summed E-state index contributed by atoms with van der Waals surface area (Å²) in [5, 5.41) is 4.96. The molecule has 0 saturated heterocycles. The molecule has 4 rings (SSSR count). The van der Waals surface area contributed by atoms with Gasteiger partial charge < -0.3 is 9.88 Å². The van der Waals surface area contributed by atoms with Crippen LogP contribution in [0.5, 0.6) is 0 Å². The minimum atomic E-state index is -0.362. The number of nitrogens with zero attached hydrogens (tertiary/aromatic N) is 2. The van der Waals surface area contributed by atoms with Gasteiger partial charge >= 0.3 is 0 Å². The van der Waals surface area contributed by atoms with E-state index in [-0.39, 0.29) is 16.9 Å². The van der Waals surface area contributed by atoms with Crippen molar-refractivity contribution in [3.63, 3.8) is 0 Å². The number of hydrogen-bond acceptors (Lipinski definition) is 4. The summed E-state index contributed by atoms with van der Waals surface area (Å²) in [5.41, 5.74) is 2.61. The first kappa shape index (κ1) is 19.0. The molecule has 5 nitrogen and oxygen atoms in total. The number of amides is 1. The second-order valence-corrected chi connectivity index (χ2v) is 8.31. The number of aromatic nitrogens is 2. The summed E-state index contributed by atoms with van der Waals surface area (Å²) in [7, 11) is 0. The van der Waals surface area contributed by atoms with Crippen molar-refractivity contribution in [2.24, 2.45) is 0 Å². The summed E-state index contributed by atoms with van der Waals surface area (Å²) in [6, 6.07) is 9.11. The summed E-state index contributed by atoms with van der Waals surface area (Å²) in [4.78, 5) is 30.6. The molecule has 0 radical (unpaired) electrons. The highest BCUT2D eigenvalue weighted by atomic mass is 35.5. The molecule has 144 valence electrons. The molecule has 0 spiro atoms. The summed E-state index contributed by atoms with van der Waals surface area (Å²) in [6.45, 7) is 3.18. The molecule has 0 bridgehead atoms. The number of carbonyl (C=O) groups excluding carboxylic acids is 1. The molecule has 0 unspecified atom stereocenters. The van der Waals surface area contributed by atoms with E-state index in [2.05, 4.69) is 12.2 Å². The summed E-state index contributed by atoms with van der Waals surface area (Å²) < 4.78 is 1.99. The largest absolute Gasteiger partial charge is 0.348 e. The van der Waals surface area contributed by atoms with Crippen molar-refractivity contribution in [1.82, 2.24) is 14.9 Å². The number of aryl methyl sites for hydroxylation is 2. The number of rotatable bonds is 5. The Kier molecular flexibility index (Phi) is 5.42. The maximum absolute atomic E-state index is 13.1. The highest BCUT2D eigenvalue weighted by molar-refractivity contribution is 7.99. The number of thioether (sulfide) groups is 1. The molecule has 0 aliphatic carbocycles. The molecule has 2 aromatic heterocycles. The first-order chi connectivity index (χ1) is 13.6. The van der Waals surface area contributed by atoms with Crippen molar-refractivity contribution < 1.29 is 4.79 Å². The second-order valence-electron chi connectivity index (χ2n) is 6.79. The zero-order valence-corrected chi connectivity index (χ0v) is 17.1. The normalized spacial score (nSPS) is 12.9. The van der Waals surface area contributed by atoms with Crippen LogP contribution in [0.3, 0.4) is 0 Å². The number of benzene rings is 1.